The van der Waals surface area contributed by atoms with E-state index in [0.29, 0.717) is 12.8 Å². The van der Waals surface area contributed by atoms with E-state index in [2.05, 4.69) is 0 Å². The molecule has 0 radical (unpaired) electrons. The van der Waals surface area contributed by atoms with Gasteiger partial charge in [-0.2, -0.15) is 0 Å². The van der Waals surface area contributed by atoms with Crippen molar-refractivity contribution in [2.24, 2.45) is 0 Å². The van der Waals surface area contributed by atoms with Gasteiger partial charge in [-0.25, -0.2) is 4.79 Å². The summed E-state index contributed by atoms with van der Waals surface area (Å²) in [5.74, 6) is -4.16. The second kappa shape index (κ2) is 11.4. The van der Waals surface area contributed by atoms with Gasteiger partial charge in [0.1, 0.15) is 0 Å². The fourth-order valence-electron chi connectivity index (χ4n) is 1.90. The SMILES string of the molecule is CCCCOC(=O)CC(CC(=O)O)(OC(C)=O)C(=O)OCCCC. The van der Waals surface area contributed by atoms with Crippen LogP contribution in [0.5, 0.6) is 0 Å². The molecule has 0 amide bonds. The quantitative estimate of drug-likeness (QED) is 0.323. The first-order valence-corrected chi connectivity index (χ1v) is 8.01. The number of hydrogen-bond donors (Lipinski definition) is 1. The van der Waals surface area contributed by atoms with Crippen molar-refractivity contribution < 1.29 is 38.5 Å². The van der Waals surface area contributed by atoms with E-state index >= 15 is 0 Å². The van der Waals surface area contributed by atoms with Crippen LogP contribution in [0, 0.1) is 0 Å². The summed E-state index contributed by atoms with van der Waals surface area (Å²) >= 11 is 0. The maximum absolute atomic E-state index is 12.3. The highest BCUT2D eigenvalue weighted by Gasteiger charge is 2.48. The van der Waals surface area contributed by atoms with Crippen LogP contribution in [0.1, 0.15) is 59.3 Å². The molecule has 0 aliphatic carbocycles. The van der Waals surface area contributed by atoms with E-state index in [1.54, 1.807) is 0 Å². The number of carboxylic acid groups (broad SMARTS) is 1. The Hall–Kier alpha value is -2.12. The Balaban J connectivity index is 5.24. The molecule has 8 heteroatoms. The van der Waals surface area contributed by atoms with Crippen molar-refractivity contribution in [3.8, 4) is 0 Å². The van der Waals surface area contributed by atoms with E-state index in [1.165, 1.54) is 0 Å². The molecular weight excluding hydrogens is 320 g/mol. The number of hydrogen-bond acceptors (Lipinski definition) is 7. The van der Waals surface area contributed by atoms with E-state index in [-0.39, 0.29) is 13.2 Å². The zero-order valence-corrected chi connectivity index (χ0v) is 14.5. The standard InChI is InChI=1S/C16H26O8/c1-4-6-8-22-14(20)11-16(10-13(18)19,24-12(3)17)15(21)23-9-7-5-2/h4-11H2,1-3H3,(H,18,19). The van der Waals surface area contributed by atoms with Crippen LogP contribution in [0.25, 0.3) is 0 Å². The molecule has 0 aliphatic heterocycles. The maximum Gasteiger partial charge on any atom is 0.351 e. The molecule has 0 saturated heterocycles. The van der Waals surface area contributed by atoms with Crippen molar-refractivity contribution in [1.29, 1.82) is 0 Å². The molecule has 0 bridgehead atoms. The van der Waals surface area contributed by atoms with Crippen LogP contribution in [-0.4, -0.2) is 47.8 Å². The van der Waals surface area contributed by atoms with Gasteiger partial charge < -0.3 is 19.3 Å². The van der Waals surface area contributed by atoms with Gasteiger partial charge in [-0.15, -0.1) is 0 Å². The summed E-state index contributed by atoms with van der Waals surface area (Å²) in [5, 5.41) is 9.06. The summed E-state index contributed by atoms with van der Waals surface area (Å²) < 4.78 is 14.9. The molecule has 8 nitrogen and oxygen atoms in total. The molecule has 0 saturated carbocycles. The highest BCUT2D eigenvalue weighted by atomic mass is 16.6. The normalized spacial score (nSPS) is 12.8. The molecule has 0 aromatic carbocycles. The van der Waals surface area contributed by atoms with Crippen LogP contribution in [-0.2, 0) is 33.4 Å². The molecule has 138 valence electrons. The Morgan fingerprint density at radius 1 is 0.917 bits per heavy atom. The zero-order valence-electron chi connectivity index (χ0n) is 14.5. The molecule has 0 rings (SSSR count). The Morgan fingerprint density at radius 2 is 1.46 bits per heavy atom. The monoisotopic (exact) mass is 346 g/mol. The highest BCUT2D eigenvalue weighted by molar-refractivity contribution is 5.91. The second-order valence-corrected chi connectivity index (χ2v) is 5.40. The maximum atomic E-state index is 12.3. The average Bonchev–Trinajstić information content (AvgIpc) is 2.46. The summed E-state index contributed by atoms with van der Waals surface area (Å²) in [5.41, 5.74) is -2.21. The van der Waals surface area contributed by atoms with E-state index in [0.717, 1.165) is 19.8 Å². The summed E-state index contributed by atoms with van der Waals surface area (Å²) in [4.78, 5) is 46.7. The molecule has 1 atom stereocenters. The lowest BCUT2D eigenvalue weighted by molar-refractivity contribution is -0.189. The van der Waals surface area contributed by atoms with E-state index in [9.17, 15) is 19.2 Å². The Labute approximate surface area is 141 Å². The third kappa shape index (κ3) is 8.50. The third-order valence-electron chi connectivity index (χ3n) is 3.07. The lowest BCUT2D eigenvalue weighted by Crippen LogP contribution is -2.48. The molecular formula is C16H26O8. The van der Waals surface area contributed by atoms with Gasteiger partial charge in [0.2, 0.25) is 5.60 Å². The van der Waals surface area contributed by atoms with E-state index in [4.69, 9.17) is 19.3 Å². The third-order valence-corrected chi connectivity index (χ3v) is 3.07. The Bertz CT molecular complexity index is 427. The lowest BCUT2D eigenvalue weighted by Gasteiger charge is -2.28. The summed E-state index contributed by atoms with van der Waals surface area (Å²) in [7, 11) is 0. The van der Waals surface area contributed by atoms with Gasteiger partial charge in [0.25, 0.3) is 0 Å². The zero-order chi connectivity index (χ0) is 18.6. The van der Waals surface area contributed by atoms with Gasteiger partial charge in [-0.1, -0.05) is 26.7 Å². The number of unbranched alkanes of at least 4 members (excludes halogenated alkanes) is 2. The van der Waals surface area contributed by atoms with Gasteiger partial charge >= 0.3 is 23.9 Å². The Kier molecular flexibility index (Phi) is 10.4. The van der Waals surface area contributed by atoms with Gasteiger partial charge in [0, 0.05) is 6.92 Å². The van der Waals surface area contributed by atoms with Crippen LogP contribution in [0.3, 0.4) is 0 Å². The van der Waals surface area contributed by atoms with Gasteiger partial charge in [0.15, 0.2) is 0 Å². The number of carbonyl (C=O) groups is 4. The number of aliphatic carboxylic acids is 1. The molecule has 0 fully saturated rings. The van der Waals surface area contributed by atoms with Gasteiger partial charge in [-0.05, 0) is 12.8 Å². The highest BCUT2D eigenvalue weighted by Crippen LogP contribution is 2.25. The molecule has 24 heavy (non-hydrogen) atoms. The first kappa shape index (κ1) is 21.9. The van der Waals surface area contributed by atoms with Crippen molar-refractivity contribution in [1.82, 2.24) is 0 Å². The van der Waals surface area contributed by atoms with Crippen LogP contribution < -0.4 is 0 Å². The van der Waals surface area contributed by atoms with Gasteiger partial charge in [-0.3, -0.25) is 14.4 Å². The molecule has 0 heterocycles. The summed E-state index contributed by atoms with van der Waals surface area (Å²) in [6.07, 6.45) is 1.18. The summed E-state index contributed by atoms with van der Waals surface area (Å²) in [6, 6.07) is 0. The molecule has 0 aromatic heterocycles. The van der Waals surface area contributed by atoms with Crippen LogP contribution in [0.15, 0.2) is 0 Å². The topological polar surface area (TPSA) is 116 Å². The molecule has 0 aromatic rings. The number of carbonyl (C=O) groups excluding carboxylic acids is 3. The number of esters is 3. The minimum atomic E-state index is -2.21. The van der Waals surface area contributed by atoms with Crippen LogP contribution in [0.2, 0.25) is 0 Å². The molecule has 1 unspecified atom stereocenters. The predicted molar refractivity (Wildman–Crippen MR) is 83.1 cm³/mol. The van der Waals surface area contributed by atoms with Crippen LogP contribution in [0.4, 0.5) is 0 Å². The number of ether oxygens (including phenoxy) is 3. The van der Waals surface area contributed by atoms with Crippen molar-refractivity contribution in [2.45, 2.75) is 64.9 Å². The molecule has 0 spiro atoms. The Morgan fingerprint density at radius 3 is 1.92 bits per heavy atom. The van der Waals surface area contributed by atoms with Crippen molar-refractivity contribution in [2.75, 3.05) is 13.2 Å². The number of carboxylic acids is 1. The first-order valence-electron chi connectivity index (χ1n) is 8.01. The molecule has 0 aliphatic rings. The van der Waals surface area contributed by atoms with Gasteiger partial charge in [0.05, 0.1) is 26.1 Å². The van der Waals surface area contributed by atoms with E-state index < -0.39 is 42.3 Å². The molecule has 1 N–H and O–H groups in total. The first-order chi connectivity index (χ1) is 11.3. The fourth-order valence-corrected chi connectivity index (χ4v) is 1.90. The van der Waals surface area contributed by atoms with Crippen LogP contribution >= 0.6 is 0 Å². The average molecular weight is 346 g/mol. The largest absolute Gasteiger partial charge is 0.481 e. The minimum absolute atomic E-state index is 0.0445. The number of rotatable bonds is 12. The van der Waals surface area contributed by atoms with Crippen molar-refractivity contribution in [3.05, 3.63) is 0 Å². The minimum Gasteiger partial charge on any atom is -0.481 e. The predicted octanol–water partition coefficient (Wildman–Crippen LogP) is 1.84. The smallest absolute Gasteiger partial charge is 0.351 e. The van der Waals surface area contributed by atoms with Crippen molar-refractivity contribution in [3.63, 3.8) is 0 Å². The summed E-state index contributed by atoms with van der Waals surface area (Å²) in [6.45, 7) is 5.01. The second-order valence-electron chi connectivity index (χ2n) is 5.40. The van der Waals surface area contributed by atoms with E-state index in [1.807, 2.05) is 13.8 Å². The lowest BCUT2D eigenvalue weighted by atomic mass is 9.95. The fraction of sp³-hybridized carbons (Fsp3) is 0.750. The van der Waals surface area contributed by atoms with Crippen molar-refractivity contribution >= 4 is 23.9 Å².